The quantitative estimate of drug-likeness (QED) is 0.740. The van der Waals surface area contributed by atoms with E-state index in [0.29, 0.717) is 12.8 Å². The SMILES string of the molecule is C[C@]12C=CC(=O)C=C1[C@@H](F)C[C@H]1[C@@H]3CCC(=O)[C@@]3(C)C[C@H](O)[C@@]12F. The summed E-state index contributed by atoms with van der Waals surface area (Å²) in [6.07, 6.45) is 1.98. The number of carbonyl (C=O) groups excluding carboxylic acids is 2. The minimum Gasteiger partial charge on any atom is -0.390 e. The van der Waals surface area contributed by atoms with Crippen LogP contribution in [-0.2, 0) is 9.59 Å². The van der Waals surface area contributed by atoms with Gasteiger partial charge in [-0.05, 0) is 49.8 Å². The van der Waals surface area contributed by atoms with E-state index in [1.54, 1.807) is 13.8 Å². The monoisotopic (exact) mass is 336 g/mol. The van der Waals surface area contributed by atoms with Gasteiger partial charge in [-0.25, -0.2) is 8.78 Å². The Bertz CT molecular complexity index is 699. The Kier molecular flexibility index (Phi) is 3.11. The number of rotatable bonds is 0. The molecule has 0 unspecified atom stereocenters. The minimum absolute atomic E-state index is 0.0462. The zero-order valence-electron chi connectivity index (χ0n) is 13.9. The molecule has 4 aliphatic carbocycles. The summed E-state index contributed by atoms with van der Waals surface area (Å²) >= 11 is 0. The highest BCUT2D eigenvalue weighted by atomic mass is 19.1. The second kappa shape index (κ2) is 4.63. The number of aliphatic hydroxyl groups excluding tert-OH is 1. The van der Waals surface area contributed by atoms with Gasteiger partial charge in [0.05, 0.1) is 6.10 Å². The number of ketones is 2. The molecule has 0 amide bonds. The summed E-state index contributed by atoms with van der Waals surface area (Å²) in [6.45, 7) is 3.36. The summed E-state index contributed by atoms with van der Waals surface area (Å²) in [4.78, 5) is 24.0. The summed E-state index contributed by atoms with van der Waals surface area (Å²) in [5.41, 5.74) is -4.06. The molecule has 0 aliphatic heterocycles. The third kappa shape index (κ3) is 1.64. The fourth-order valence-electron chi connectivity index (χ4n) is 5.98. The average Bonchev–Trinajstić information content (AvgIpc) is 2.80. The molecule has 24 heavy (non-hydrogen) atoms. The van der Waals surface area contributed by atoms with Crippen molar-refractivity contribution in [2.45, 2.75) is 57.5 Å². The summed E-state index contributed by atoms with van der Waals surface area (Å²) in [7, 11) is 0. The Balaban J connectivity index is 1.88. The molecule has 0 spiro atoms. The van der Waals surface area contributed by atoms with Crippen molar-refractivity contribution in [2.24, 2.45) is 22.7 Å². The Morgan fingerprint density at radius 3 is 2.67 bits per heavy atom. The highest BCUT2D eigenvalue weighted by Gasteiger charge is 2.71. The molecule has 7 atom stereocenters. The minimum atomic E-state index is -2.06. The number of carbonyl (C=O) groups is 2. The molecule has 130 valence electrons. The first-order valence-corrected chi connectivity index (χ1v) is 8.64. The van der Waals surface area contributed by atoms with E-state index < -0.39 is 34.7 Å². The standard InChI is InChI=1S/C19H22F2O3/c1-17-9-16(24)19(21)12(11(17)3-4-15(17)23)8-14(20)13-7-10(22)5-6-18(13,19)2/h5-7,11-12,14,16,24H,3-4,8-9H2,1-2H3/t11-,12-,14-,16-,17-,18-,19-/m0/s1. The maximum absolute atomic E-state index is 16.4. The van der Waals surface area contributed by atoms with Gasteiger partial charge in [0.15, 0.2) is 11.5 Å². The van der Waals surface area contributed by atoms with E-state index in [-0.39, 0.29) is 35.9 Å². The maximum atomic E-state index is 16.4. The van der Waals surface area contributed by atoms with E-state index in [1.807, 2.05) is 0 Å². The topological polar surface area (TPSA) is 54.4 Å². The molecule has 1 N–H and O–H groups in total. The summed E-state index contributed by atoms with van der Waals surface area (Å²) in [5, 5.41) is 10.8. The van der Waals surface area contributed by atoms with Crippen LogP contribution in [-0.4, -0.2) is 34.6 Å². The molecule has 4 aliphatic rings. The molecule has 0 saturated heterocycles. The molecule has 0 radical (unpaired) electrons. The van der Waals surface area contributed by atoms with E-state index in [9.17, 15) is 19.1 Å². The van der Waals surface area contributed by atoms with E-state index >= 15 is 4.39 Å². The normalized spacial score (nSPS) is 53.3. The van der Waals surface area contributed by atoms with Gasteiger partial charge in [0.1, 0.15) is 12.0 Å². The van der Waals surface area contributed by atoms with Crippen LogP contribution >= 0.6 is 0 Å². The second-order valence-electron chi connectivity index (χ2n) is 8.32. The number of allylic oxidation sites excluding steroid dienone is 4. The molecule has 0 aromatic rings. The predicted octanol–water partition coefficient (Wildman–Crippen LogP) is 2.87. The fourth-order valence-corrected chi connectivity index (χ4v) is 5.98. The summed E-state index contributed by atoms with van der Waals surface area (Å²) in [6, 6.07) is 0. The lowest BCUT2D eigenvalue weighted by molar-refractivity contribution is -0.196. The number of aliphatic hydroxyl groups is 1. The smallest absolute Gasteiger partial charge is 0.178 e. The van der Waals surface area contributed by atoms with Gasteiger partial charge >= 0.3 is 0 Å². The lowest BCUT2D eigenvalue weighted by Gasteiger charge is -2.61. The number of hydrogen-bond acceptors (Lipinski definition) is 3. The molecule has 4 rings (SSSR count). The Morgan fingerprint density at radius 2 is 1.96 bits per heavy atom. The number of alkyl halides is 2. The van der Waals surface area contributed by atoms with Crippen LogP contribution in [0.4, 0.5) is 8.78 Å². The van der Waals surface area contributed by atoms with Gasteiger partial charge in [-0.1, -0.05) is 13.0 Å². The zero-order valence-corrected chi connectivity index (χ0v) is 13.9. The van der Waals surface area contributed by atoms with Crippen LogP contribution in [0.2, 0.25) is 0 Å². The van der Waals surface area contributed by atoms with Crippen molar-refractivity contribution in [3.8, 4) is 0 Å². The largest absolute Gasteiger partial charge is 0.390 e. The molecule has 3 saturated carbocycles. The first-order chi connectivity index (χ1) is 11.1. The molecule has 5 heteroatoms. The van der Waals surface area contributed by atoms with Gasteiger partial charge < -0.3 is 5.11 Å². The lowest BCUT2D eigenvalue weighted by atomic mass is 9.45. The molecule has 3 nitrogen and oxygen atoms in total. The molecule has 0 bridgehead atoms. The number of fused-ring (bicyclic) bond motifs is 5. The number of Topliss-reactive ketones (excluding diaryl/α,β-unsaturated/α-hetero) is 1. The predicted molar refractivity (Wildman–Crippen MR) is 83.6 cm³/mol. The van der Waals surface area contributed by atoms with Gasteiger partial charge in [-0.15, -0.1) is 0 Å². The van der Waals surface area contributed by atoms with Gasteiger partial charge in [-0.3, -0.25) is 9.59 Å². The molecule has 0 aromatic heterocycles. The number of halogens is 2. The lowest BCUT2D eigenvalue weighted by Crippen LogP contribution is -2.68. The van der Waals surface area contributed by atoms with Crippen molar-refractivity contribution in [3.63, 3.8) is 0 Å². The van der Waals surface area contributed by atoms with Gasteiger partial charge in [0.25, 0.3) is 0 Å². The average molecular weight is 336 g/mol. The summed E-state index contributed by atoms with van der Waals surface area (Å²) < 4.78 is 31.3. The summed E-state index contributed by atoms with van der Waals surface area (Å²) in [5.74, 6) is -1.29. The molecule has 3 fully saturated rings. The van der Waals surface area contributed by atoms with Crippen LogP contribution in [0.15, 0.2) is 23.8 Å². The van der Waals surface area contributed by atoms with Gasteiger partial charge in [0.2, 0.25) is 0 Å². The van der Waals surface area contributed by atoms with Crippen molar-refractivity contribution in [1.29, 1.82) is 0 Å². The van der Waals surface area contributed by atoms with Crippen molar-refractivity contribution in [3.05, 3.63) is 23.8 Å². The maximum Gasteiger partial charge on any atom is 0.178 e. The Hall–Kier alpha value is -1.36. The van der Waals surface area contributed by atoms with Crippen LogP contribution in [0.3, 0.4) is 0 Å². The van der Waals surface area contributed by atoms with Gasteiger partial charge in [-0.2, -0.15) is 0 Å². The number of hydrogen-bond donors (Lipinski definition) is 1. The van der Waals surface area contributed by atoms with Crippen LogP contribution in [0.25, 0.3) is 0 Å². The van der Waals surface area contributed by atoms with E-state index in [4.69, 9.17) is 0 Å². The van der Waals surface area contributed by atoms with E-state index in [1.165, 1.54) is 18.2 Å². The second-order valence-corrected chi connectivity index (χ2v) is 8.32. The van der Waals surface area contributed by atoms with Crippen LogP contribution < -0.4 is 0 Å². The first-order valence-electron chi connectivity index (χ1n) is 8.64. The van der Waals surface area contributed by atoms with Crippen LogP contribution in [0, 0.1) is 22.7 Å². The van der Waals surface area contributed by atoms with Crippen molar-refractivity contribution < 1.29 is 23.5 Å². The third-order valence-electron chi connectivity index (χ3n) is 7.34. The zero-order chi connectivity index (χ0) is 17.5. The van der Waals surface area contributed by atoms with Gasteiger partial charge in [0, 0.05) is 23.2 Å². The molecular weight excluding hydrogens is 314 g/mol. The van der Waals surface area contributed by atoms with E-state index in [2.05, 4.69) is 0 Å². The molecule has 0 aromatic carbocycles. The van der Waals surface area contributed by atoms with Crippen LogP contribution in [0.5, 0.6) is 0 Å². The fraction of sp³-hybridized carbons (Fsp3) is 0.684. The van der Waals surface area contributed by atoms with Crippen molar-refractivity contribution in [2.75, 3.05) is 0 Å². The third-order valence-corrected chi connectivity index (χ3v) is 7.34. The van der Waals surface area contributed by atoms with Crippen molar-refractivity contribution in [1.82, 2.24) is 0 Å². The molecular formula is C19H22F2O3. The molecule has 0 heterocycles. The van der Waals surface area contributed by atoms with E-state index in [0.717, 1.165) is 0 Å². The Morgan fingerprint density at radius 1 is 1.25 bits per heavy atom. The Labute approximate surface area is 139 Å². The highest BCUT2D eigenvalue weighted by molar-refractivity contribution is 6.01. The van der Waals surface area contributed by atoms with Crippen LogP contribution in [0.1, 0.15) is 39.5 Å². The van der Waals surface area contributed by atoms with Crippen molar-refractivity contribution >= 4 is 11.6 Å². The highest BCUT2D eigenvalue weighted by Crippen LogP contribution is 2.67. The first kappa shape index (κ1) is 16.1.